The normalized spacial score (nSPS) is 13.5. The molecule has 12 heteroatoms. The zero-order valence-electron chi connectivity index (χ0n) is 28.4. The van der Waals surface area contributed by atoms with E-state index in [1.54, 1.807) is 42.1 Å². The Kier molecular flexibility index (Phi) is 10.4. The summed E-state index contributed by atoms with van der Waals surface area (Å²) in [5.41, 5.74) is 3.38. The van der Waals surface area contributed by atoms with E-state index in [1.807, 2.05) is 78.9 Å². The van der Waals surface area contributed by atoms with Crippen molar-refractivity contribution in [2.45, 2.75) is 37.2 Å². The van der Waals surface area contributed by atoms with E-state index in [9.17, 15) is 14.4 Å². The maximum Gasteiger partial charge on any atom is 0.341 e. The summed E-state index contributed by atoms with van der Waals surface area (Å²) in [6, 6.07) is 28.1. The fourth-order valence-electron chi connectivity index (χ4n) is 6.18. The number of carbonyl (C=O) groups excluding carboxylic acids is 2. The van der Waals surface area contributed by atoms with Crippen molar-refractivity contribution >= 4 is 61.5 Å². The van der Waals surface area contributed by atoms with Gasteiger partial charge < -0.3 is 14.8 Å². The third-order valence-corrected chi connectivity index (χ3v) is 12.2. The molecule has 4 heterocycles. The quantitative estimate of drug-likeness (QED) is 0.0807. The van der Waals surface area contributed by atoms with Crippen molar-refractivity contribution in [1.29, 1.82) is 0 Å². The average molecular weight is 737 g/mol. The molecule has 1 atom stereocenters. The van der Waals surface area contributed by atoms with E-state index in [0.717, 1.165) is 46.9 Å². The van der Waals surface area contributed by atoms with Crippen molar-refractivity contribution in [3.8, 4) is 21.9 Å². The lowest BCUT2D eigenvalue weighted by Crippen LogP contribution is -2.30. The topological polar surface area (TPSA) is 103 Å². The predicted molar refractivity (Wildman–Crippen MR) is 206 cm³/mol. The van der Waals surface area contributed by atoms with Crippen LogP contribution in [0.1, 0.15) is 45.5 Å². The molecule has 7 rings (SSSR count). The van der Waals surface area contributed by atoms with Crippen LogP contribution in [0.4, 0.5) is 5.00 Å². The minimum Gasteiger partial charge on any atom is -0.497 e. The SMILES string of the molecule is CCOC(=O)c1cc(-c2ccccc2)sc1NC(=O)C(Sc1nc2sc3c(c2c(=O)n1-c1cccc(OC)c1)CCN(CC)C3)c1ccccc1. The monoisotopic (exact) mass is 736 g/mol. The van der Waals surface area contributed by atoms with Crippen LogP contribution < -0.4 is 15.6 Å². The van der Waals surface area contributed by atoms with Gasteiger partial charge in [0, 0.05) is 28.9 Å². The fourth-order valence-corrected chi connectivity index (χ4v) is 9.65. The number of amides is 1. The Labute approximate surface area is 307 Å². The van der Waals surface area contributed by atoms with Gasteiger partial charge in [-0.15, -0.1) is 22.7 Å². The summed E-state index contributed by atoms with van der Waals surface area (Å²) >= 11 is 4.05. The van der Waals surface area contributed by atoms with Crippen molar-refractivity contribution < 1.29 is 19.1 Å². The highest BCUT2D eigenvalue weighted by Gasteiger charge is 2.30. The predicted octanol–water partition coefficient (Wildman–Crippen LogP) is 8.21. The molecule has 1 aliphatic rings. The Morgan fingerprint density at radius 1 is 0.980 bits per heavy atom. The number of nitrogens with one attached hydrogen (secondary N) is 1. The minimum absolute atomic E-state index is 0.180. The Morgan fingerprint density at radius 3 is 2.47 bits per heavy atom. The maximum atomic E-state index is 14.6. The Hall–Kier alpha value is -4.75. The van der Waals surface area contributed by atoms with Crippen molar-refractivity contribution in [3.63, 3.8) is 0 Å². The first-order valence-electron chi connectivity index (χ1n) is 16.7. The first-order valence-corrected chi connectivity index (χ1v) is 19.2. The average Bonchev–Trinajstić information content (AvgIpc) is 3.76. The molecule has 3 aromatic heterocycles. The van der Waals surface area contributed by atoms with Gasteiger partial charge in [0.25, 0.3) is 5.56 Å². The van der Waals surface area contributed by atoms with Gasteiger partial charge in [-0.1, -0.05) is 85.4 Å². The van der Waals surface area contributed by atoms with Gasteiger partial charge >= 0.3 is 5.97 Å². The van der Waals surface area contributed by atoms with Crippen LogP contribution in [-0.2, 0) is 22.5 Å². The number of likely N-dealkylation sites (N-methyl/N-ethyl adjacent to an activating group) is 1. The lowest BCUT2D eigenvalue weighted by molar-refractivity contribution is -0.115. The summed E-state index contributed by atoms with van der Waals surface area (Å²) in [4.78, 5) is 52.4. The number of ether oxygens (including phenoxy) is 2. The van der Waals surface area contributed by atoms with E-state index >= 15 is 0 Å². The molecular weight excluding hydrogens is 701 g/mol. The molecule has 9 nitrogen and oxygen atoms in total. The number of rotatable bonds is 11. The number of aromatic nitrogens is 2. The third kappa shape index (κ3) is 7.09. The molecule has 51 heavy (non-hydrogen) atoms. The number of methoxy groups -OCH3 is 1. The molecule has 1 unspecified atom stereocenters. The number of hydrogen-bond donors (Lipinski definition) is 1. The van der Waals surface area contributed by atoms with Gasteiger partial charge in [-0.05, 0) is 54.8 Å². The number of thiophene rings is 2. The van der Waals surface area contributed by atoms with Gasteiger partial charge in [0.15, 0.2) is 5.16 Å². The summed E-state index contributed by atoms with van der Waals surface area (Å²) in [7, 11) is 1.59. The zero-order chi connectivity index (χ0) is 35.5. The molecule has 0 fully saturated rings. The smallest absolute Gasteiger partial charge is 0.341 e. The lowest BCUT2D eigenvalue weighted by atomic mass is 10.1. The molecule has 0 saturated heterocycles. The summed E-state index contributed by atoms with van der Waals surface area (Å²) in [5.74, 6) is -0.289. The Morgan fingerprint density at radius 2 is 1.75 bits per heavy atom. The number of benzene rings is 3. The van der Waals surface area contributed by atoms with E-state index < -0.39 is 11.2 Å². The second-order valence-electron chi connectivity index (χ2n) is 11.9. The van der Waals surface area contributed by atoms with Gasteiger partial charge in [-0.3, -0.25) is 19.1 Å². The molecule has 0 saturated carbocycles. The van der Waals surface area contributed by atoms with Gasteiger partial charge in [-0.2, -0.15) is 0 Å². The third-order valence-electron chi connectivity index (χ3n) is 8.77. The van der Waals surface area contributed by atoms with Crippen LogP contribution in [0.15, 0.2) is 101 Å². The molecule has 3 aromatic carbocycles. The van der Waals surface area contributed by atoms with Crippen molar-refractivity contribution in [2.24, 2.45) is 0 Å². The highest BCUT2D eigenvalue weighted by Crippen LogP contribution is 2.41. The lowest BCUT2D eigenvalue weighted by Gasteiger charge is -2.25. The molecule has 260 valence electrons. The van der Waals surface area contributed by atoms with E-state index in [2.05, 4.69) is 17.1 Å². The number of nitrogens with zero attached hydrogens (tertiary/aromatic N) is 3. The van der Waals surface area contributed by atoms with Crippen LogP contribution in [0.3, 0.4) is 0 Å². The molecule has 0 bridgehead atoms. The maximum absolute atomic E-state index is 14.6. The molecule has 1 amide bonds. The molecule has 0 spiro atoms. The van der Waals surface area contributed by atoms with Crippen LogP contribution in [0.2, 0.25) is 0 Å². The highest BCUT2D eigenvalue weighted by molar-refractivity contribution is 8.00. The second-order valence-corrected chi connectivity index (χ2v) is 15.1. The molecule has 1 N–H and O–H groups in total. The fraction of sp³-hybridized carbons (Fsp3) is 0.231. The number of thioether (sulfide) groups is 1. The van der Waals surface area contributed by atoms with Crippen LogP contribution in [0, 0.1) is 0 Å². The number of carbonyl (C=O) groups is 2. The number of esters is 1. The molecule has 6 aromatic rings. The van der Waals surface area contributed by atoms with E-state index in [0.29, 0.717) is 37.4 Å². The number of fused-ring (bicyclic) bond motifs is 3. The van der Waals surface area contributed by atoms with E-state index in [1.165, 1.54) is 23.1 Å². The largest absolute Gasteiger partial charge is 0.497 e. The first-order chi connectivity index (χ1) is 24.9. The molecule has 0 radical (unpaired) electrons. The summed E-state index contributed by atoms with van der Waals surface area (Å²) < 4.78 is 12.5. The van der Waals surface area contributed by atoms with Crippen molar-refractivity contribution in [1.82, 2.24) is 14.5 Å². The van der Waals surface area contributed by atoms with E-state index in [4.69, 9.17) is 14.5 Å². The van der Waals surface area contributed by atoms with Gasteiger partial charge in [0.2, 0.25) is 5.91 Å². The van der Waals surface area contributed by atoms with Gasteiger partial charge in [0.1, 0.15) is 20.8 Å². The van der Waals surface area contributed by atoms with Crippen LogP contribution in [0.25, 0.3) is 26.3 Å². The summed E-state index contributed by atoms with van der Waals surface area (Å²) in [5, 5.41) is 3.61. The summed E-state index contributed by atoms with van der Waals surface area (Å²) in [6.45, 7) is 6.67. The number of hydrogen-bond acceptors (Lipinski definition) is 10. The highest BCUT2D eigenvalue weighted by atomic mass is 32.2. The zero-order valence-corrected chi connectivity index (χ0v) is 30.8. The van der Waals surface area contributed by atoms with Gasteiger partial charge in [0.05, 0.1) is 30.4 Å². The van der Waals surface area contributed by atoms with Crippen molar-refractivity contribution in [2.75, 3.05) is 32.1 Å². The summed E-state index contributed by atoms with van der Waals surface area (Å²) in [6.07, 6.45) is 0.772. The molecule has 0 aliphatic carbocycles. The van der Waals surface area contributed by atoms with Crippen LogP contribution >= 0.6 is 34.4 Å². The standard InChI is InChI=1S/C39H36N4O5S3/c1-4-42-20-19-28-31(23-42)50-36-32(28)37(45)43(26-17-12-18-27(21-26)47-3)39(41-36)51-33(25-15-10-7-11-16-25)34(44)40-35-29(38(46)48-5-2)22-30(49-35)24-13-8-6-9-14-24/h6-18,21-22,33H,4-5,19-20,23H2,1-3H3,(H,40,44). The Bertz CT molecular complexity index is 2270. The second kappa shape index (κ2) is 15.2. The van der Waals surface area contributed by atoms with Crippen molar-refractivity contribution in [3.05, 3.63) is 123 Å². The van der Waals surface area contributed by atoms with Crippen LogP contribution in [-0.4, -0.2) is 53.1 Å². The van der Waals surface area contributed by atoms with Gasteiger partial charge in [-0.25, -0.2) is 9.78 Å². The minimum atomic E-state index is -0.838. The molecular formula is C39H36N4O5S3. The molecule has 1 aliphatic heterocycles. The number of anilines is 1. The van der Waals surface area contributed by atoms with E-state index in [-0.39, 0.29) is 23.6 Å². The van der Waals surface area contributed by atoms with Crippen LogP contribution in [0.5, 0.6) is 5.75 Å². The first kappa shape index (κ1) is 34.7. The Balaban J connectivity index is 1.34.